The smallest absolute Gasteiger partial charge is 0.255 e. The lowest BCUT2D eigenvalue weighted by Gasteiger charge is -2.25. The third-order valence-corrected chi connectivity index (χ3v) is 5.64. The Kier molecular flexibility index (Phi) is 5.31. The predicted molar refractivity (Wildman–Crippen MR) is 110 cm³/mol. The maximum Gasteiger partial charge on any atom is 0.255 e. The lowest BCUT2D eigenvalue weighted by Crippen LogP contribution is -2.36. The molecule has 1 fully saturated rings. The highest BCUT2D eigenvalue weighted by molar-refractivity contribution is 7.22. The summed E-state index contributed by atoms with van der Waals surface area (Å²) in [5.41, 5.74) is 2.12. The molecule has 2 aromatic carbocycles. The predicted octanol–water partition coefficient (Wildman–Crippen LogP) is 3.40. The molecule has 2 heterocycles. The fraction of sp³-hybridized carbons (Fsp3) is 0.300. The van der Waals surface area contributed by atoms with Crippen LogP contribution in [0, 0.1) is 0 Å². The molecule has 0 spiro atoms. The highest BCUT2D eigenvalue weighted by Crippen LogP contribution is 2.31. The molecule has 0 radical (unpaired) electrons. The van der Waals surface area contributed by atoms with E-state index in [1.165, 1.54) is 0 Å². The number of thiazole rings is 1. The van der Waals surface area contributed by atoms with Gasteiger partial charge in [-0.05, 0) is 30.3 Å². The van der Waals surface area contributed by atoms with Gasteiger partial charge in [0.05, 0.1) is 37.6 Å². The summed E-state index contributed by atoms with van der Waals surface area (Å²) < 4.78 is 16.9. The van der Waals surface area contributed by atoms with Crippen LogP contribution < -0.4 is 19.7 Å². The lowest BCUT2D eigenvalue weighted by atomic mass is 10.2. The quantitative estimate of drug-likeness (QED) is 0.709. The van der Waals surface area contributed by atoms with Crippen molar-refractivity contribution >= 4 is 38.3 Å². The summed E-state index contributed by atoms with van der Waals surface area (Å²) in [6.07, 6.45) is 0. The Bertz CT molecular complexity index is 998. The molecule has 146 valence electrons. The van der Waals surface area contributed by atoms with E-state index in [0.717, 1.165) is 41.7 Å². The highest BCUT2D eigenvalue weighted by atomic mass is 32.1. The molecular formula is C20H21N3O4S. The molecule has 1 aliphatic heterocycles. The molecule has 8 heteroatoms. The van der Waals surface area contributed by atoms with Crippen molar-refractivity contribution in [2.24, 2.45) is 0 Å². The maximum absolute atomic E-state index is 12.7. The van der Waals surface area contributed by atoms with E-state index in [0.29, 0.717) is 22.7 Å². The van der Waals surface area contributed by atoms with Gasteiger partial charge in [-0.3, -0.25) is 4.79 Å². The second kappa shape index (κ2) is 8.04. The van der Waals surface area contributed by atoms with Gasteiger partial charge in [-0.15, -0.1) is 0 Å². The molecule has 28 heavy (non-hydrogen) atoms. The van der Waals surface area contributed by atoms with Crippen LogP contribution in [0.5, 0.6) is 11.5 Å². The van der Waals surface area contributed by atoms with Crippen LogP contribution in [0.4, 0.5) is 10.8 Å². The molecule has 1 amide bonds. The molecule has 7 nitrogen and oxygen atoms in total. The van der Waals surface area contributed by atoms with Gasteiger partial charge < -0.3 is 24.4 Å². The van der Waals surface area contributed by atoms with Crippen molar-refractivity contribution in [3.05, 3.63) is 42.0 Å². The molecule has 0 aliphatic carbocycles. The molecule has 1 N–H and O–H groups in total. The number of morpholine rings is 1. The monoisotopic (exact) mass is 399 g/mol. The van der Waals surface area contributed by atoms with Crippen LogP contribution in [-0.2, 0) is 4.74 Å². The number of ether oxygens (including phenoxy) is 3. The highest BCUT2D eigenvalue weighted by Gasteiger charge is 2.16. The molecule has 0 unspecified atom stereocenters. The first-order valence-corrected chi connectivity index (χ1v) is 9.76. The number of anilines is 2. The van der Waals surface area contributed by atoms with Gasteiger partial charge in [0, 0.05) is 30.4 Å². The first kappa shape index (κ1) is 18.5. The van der Waals surface area contributed by atoms with Crippen molar-refractivity contribution < 1.29 is 19.0 Å². The van der Waals surface area contributed by atoms with Crippen LogP contribution in [0.2, 0.25) is 0 Å². The molecule has 3 aromatic rings. The van der Waals surface area contributed by atoms with E-state index in [4.69, 9.17) is 14.2 Å². The van der Waals surface area contributed by atoms with E-state index in [-0.39, 0.29) is 5.91 Å². The minimum atomic E-state index is -0.185. The molecule has 1 aromatic heterocycles. The van der Waals surface area contributed by atoms with Gasteiger partial charge in [-0.25, -0.2) is 4.98 Å². The Balaban J connectivity index is 1.54. The van der Waals surface area contributed by atoms with Gasteiger partial charge in [0.25, 0.3) is 5.91 Å². The molecule has 4 rings (SSSR count). The van der Waals surface area contributed by atoms with Crippen LogP contribution in [0.15, 0.2) is 36.4 Å². The van der Waals surface area contributed by atoms with E-state index in [1.807, 2.05) is 12.1 Å². The molecule has 0 atom stereocenters. The summed E-state index contributed by atoms with van der Waals surface area (Å²) in [5.74, 6) is 0.992. The average molecular weight is 399 g/mol. The van der Waals surface area contributed by atoms with Crippen molar-refractivity contribution in [2.45, 2.75) is 0 Å². The largest absolute Gasteiger partial charge is 0.493 e. The Morgan fingerprint density at radius 1 is 1.11 bits per heavy atom. The normalized spacial score (nSPS) is 14.1. The summed E-state index contributed by atoms with van der Waals surface area (Å²) in [6.45, 7) is 3.11. The number of nitrogens with one attached hydrogen (secondary N) is 1. The number of carbonyl (C=O) groups is 1. The lowest BCUT2D eigenvalue weighted by molar-refractivity contribution is 0.102. The molecule has 0 bridgehead atoms. The van der Waals surface area contributed by atoms with E-state index < -0.39 is 0 Å². The Morgan fingerprint density at radius 3 is 2.64 bits per heavy atom. The number of amides is 1. The van der Waals surface area contributed by atoms with Crippen LogP contribution >= 0.6 is 11.3 Å². The molecule has 1 saturated heterocycles. The minimum absolute atomic E-state index is 0.185. The Hall–Kier alpha value is -2.84. The number of aromatic nitrogens is 1. The van der Waals surface area contributed by atoms with Gasteiger partial charge in [0.2, 0.25) is 0 Å². The van der Waals surface area contributed by atoms with Gasteiger partial charge in [0.1, 0.15) is 0 Å². The third kappa shape index (κ3) is 3.74. The van der Waals surface area contributed by atoms with Crippen molar-refractivity contribution in [3.8, 4) is 11.5 Å². The van der Waals surface area contributed by atoms with Gasteiger partial charge in [-0.1, -0.05) is 11.3 Å². The van der Waals surface area contributed by atoms with Crippen molar-refractivity contribution in [3.63, 3.8) is 0 Å². The summed E-state index contributed by atoms with van der Waals surface area (Å²) in [4.78, 5) is 19.6. The van der Waals surface area contributed by atoms with E-state index >= 15 is 0 Å². The summed E-state index contributed by atoms with van der Waals surface area (Å²) >= 11 is 1.60. The van der Waals surface area contributed by atoms with Crippen molar-refractivity contribution in [2.75, 3.05) is 50.7 Å². The number of hydrogen-bond donors (Lipinski definition) is 1. The van der Waals surface area contributed by atoms with Gasteiger partial charge >= 0.3 is 0 Å². The van der Waals surface area contributed by atoms with E-state index in [9.17, 15) is 4.79 Å². The number of fused-ring (bicyclic) bond motifs is 1. The number of hydrogen-bond acceptors (Lipinski definition) is 7. The van der Waals surface area contributed by atoms with Gasteiger partial charge in [-0.2, -0.15) is 0 Å². The first-order valence-electron chi connectivity index (χ1n) is 8.94. The Morgan fingerprint density at radius 2 is 1.89 bits per heavy atom. The van der Waals surface area contributed by atoms with E-state index in [2.05, 4.69) is 15.2 Å². The van der Waals surface area contributed by atoms with E-state index in [1.54, 1.807) is 49.8 Å². The SMILES string of the molecule is COc1ccc(NC(=O)c2ccc3nc(N4CCOCC4)sc3c2)cc1OC. The zero-order valence-corrected chi connectivity index (χ0v) is 16.5. The standard InChI is InChI=1S/C20H21N3O4S/c1-25-16-6-4-14(12-17(16)26-2)21-19(24)13-3-5-15-18(11-13)28-20(22-15)23-7-9-27-10-8-23/h3-6,11-12H,7-10H2,1-2H3,(H,21,24). The fourth-order valence-corrected chi connectivity index (χ4v) is 4.12. The van der Waals surface area contributed by atoms with Gasteiger partial charge in [0.15, 0.2) is 16.6 Å². The molecule has 0 saturated carbocycles. The van der Waals surface area contributed by atoms with Crippen molar-refractivity contribution in [1.82, 2.24) is 4.98 Å². The summed E-state index contributed by atoms with van der Waals surface area (Å²) in [7, 11) is 3.14. The zero-order chi connectivity index (χ0) is 19.5. The zero-order valence-electron chi connectivity index (χ0n) is 15.7. The van der Waals surface area contributed by atoms with Crippen LogP contribution in [0.3, 0.4) is 0 Å². The van der Waals surface area contributed by atoms with Crippen molar-refractivity contribution in [1.29, 1.82) is 0 Å². The Labute approximate surface area is 166 Å². The summed E-state index contributed by atoms with van der Waals surface area (Å²) in [5, 5.41) is 3.87. The number of methoxy groups -OCH3 is 2. The van der Waals surface area contributed by atoms with Crippen LogP contribution in [0.25, 0.3) is 10.2 Å². The number of nitrogens with zero attached hydrogens (tertiary/aromatic N) is 2. The first-order chi connectivity index (χ1) is 13.7. The van der Waals surface area contributed by atoms with Crippen LogP contribution in [0.1, 0.15) is 10.4 Å². The topological polar surface area (TPSA) is 72.9 Å². The number of rotatable bonds is 5. The minimum Gasteiger partial charge on any atom is -0.493 e. The second-order valence-electron chi connectivity index (χ2n) is 6.30. The summed E-state index contributed by atoms with van der Waals surface area (Å²) in [6, 6.07) is 10.8. The third-order valence-electron chi connectivity index (χ3n) is 4.56. The van der Waals surface area contributed by atoms with Crippen LogP contribution in [-0.4, -0.2) is 51.4 Å². The molecule has 1 aliphatic rings. The molecular weight excluding hydrogens is 378 g/mol. The maximum atomic E-state index is 12.7. The fourth-order valence-electron chi connectivity index (χ4n) is 3.06. The number of benzene rings is 2. The average Bonchev–Trinajstić information content (AvgIpc) is 3.17. The number of carbonyl (C=O) groups excluding carboxylic acids is 1. The second-order valence-corrected chi connectivity index (χ2v) is 7.31.